The third-order valence-electron chi connectivity index (χ3n) is 4.50. The van der Waals surface area contributed by atoms with Crippen LogP contribution in [0.3, 0.4) is 0 Å². The Kier molecular flexibility index (Phi) is 7.63. The molecule has 6 heteroatoms. The lowest BCUT2D eigenvalue weighted by atomic mass is 9.89. The highest BCUT2D eigenvalue weighted by molar-refractivity contribution is 8.00. The van der Waals surface area contributed by atoms with Gasteiger partial charge in [0.1, 0.15) is 0 Å². The summed E-state index contributed by atoms with van der Waals surface area (Å²) in [5, 5.41) is 0.710. The van der Waals surface area contributed by atoms with E-state index in [0.717, 1.165) is 18.0 Å². The number of carbonyl (C=O) groups excluding carboxylic acids is 1. The predicted molar refractivity (Wildman–Crippen MR) is 108 cm³/mol. The molecule has 1 amide bonds. The molecule has 1 saturated heterocycles. The van der Waals surface area contributed by atoms with Crippen molar-refractivity contribution in [2.45, 2.75) is 10.8 Å². The quantitative estimate of drug-likeness (QED) is 0.775. The van der Waals surface area contributed by atoms with Crippen LogP contribution in [-0.4, -0.2) is 36.2 Å². The van der Waals surface area contributed by atoms with Crippen molar-refractivity contribution in [2.24, 2.45) is 11.7 Å². The van der Waals surface area contributed by atoms with Gasteiger partial charge in [0.05, 0.1) is 5.75 Å². The van der Waals surface area contributed by atoms with Crippen LogP contribution in [0.15, 0.2) is 59.5 Å². The maximum atomic E-state index is 12.6. The zero-order chi connectivity index (χ0) is 16.9. The molecule has 25 heavy (non-hydrogen) atoms. The molecule has 0 spiro atoms. The van der Waals surface area contributed by atoms with Gasteiger partial charge < -0.3 is 10.6 Å². The number of hydrogen-bond donors (Lipinski definition) is 1. The van der Waals surface area contributed by atoms with E-state index in [4.69, 9.17) is 17.3 Å². The Balaban J connectivity index is 0.00000225. The van der Waals surface area contributed by atoms with E-state index in [0.29, 0.717) is 29.2 Å². The van der Waals surface area contributed by atoms with Gasteiger partial charge in [0.15, 0.2) is 0 Å². The first-order valence-electron chi connectivity index (χ1n) is 8.08. The number of amides is 1. The lowest BCUT2D eigenvalue weighted by Crippen LogP contribution is -2.31. The molecule has 1 aliphatic heterocycles. The van der Waals surface area contributed by atoms with Crippen molar-refractivity contribution < 1.29 is 4.79 Å². The molecule has 0 unspecified atom stereocenters. The minimum atomic E-state index is 0. The fraction of sp³-hybridized carbons (Fsp3) is 0.316. The van der Waals surface area contributed by atoms with Gasteiger partial charge in [-0.25, -0.2) is 0 Å². The second-order valence-electron chi connectivity index (χ2n) is 6.05. The number of hydrogen-bond acceptors (Lipinski definition) is 3. The first-order valence-corrected chi connectivity index (χ1v) is 9.45. The van der Waals surface area contributed by atoms with Gasteiger partial charge >= 0.3 is 0 Å². The Labute approximate surface area is 164 Å². The third-order valence-corrected chi connectivity index (χ3v) is 5.75. The highest BCUT2D eigenvalue weighted by Gasteiger charge is 2.34. The summed E-state index contributed by atoms with van der Waals surface area (Å²) < 4.78 is 0. The fourth-order valence-electron chi connectivity index (χ4n) is 3.16. The van der Waals surface area contributed by atoms with Crippen LogP contribution in [0.1, 0.15) is 11.5 Å². The lowest BCUT2D eigenvalue weighted by molar-refractivity contribution is -0.127. The van der Waals surface area contributed by atoms with Crippen LogP contribution in [0.2, 0.25) is 5.02 Å². The third kappa shape index (κ3) is 5.14. The molecular formula is C19H22Cl2N2OS. The molecule has 1 aliphatic rings. The van der Waals surface area contributed by atoms with Crippen molar-refractivity contribution in [1.29, 1.82) is 0 Å². The highest BCUT2D eigenvalue weighted by atomic mass is 35.5. The van der Waals surface area contributed by atoms with Crippen molar-refractivity contribution in [3.63, 3.8) is 0 Å². The van der Waals surface area contributed by atoms with E-state index in [1.807, 2.05) is 47.4 Å². The van der Waals surface area contributed by atoms with Crippen LogP contribution in [0.4, 0.5) is 0 Å². The number of nitrogens with zero attached hydrogens (tertiary/aromatic N) is 1. The van der Waals surface area contributed by atoms with Crippen LogP contribution in [0.5, 0.6) is 0 Å². The summed E-state index contributed by atoms with van der Waals surface area (Å²) in [5.74, 6) is 1.28. The molecule has 1 heterocycles. The van der Waals surface area contributed by atoms with Gasteiger partial charge in [-0.2, -0.15) is 0 Å². The molecule has 3 rings (SSSR count). The standard InChI is InChI=1S/C19H21ClN2OS.ClH/c20-16-6-8-17(9-7-16)24-13-19(23)22-11-15(10-21)18(12-22)14-4-2-1-3-5-14;/h1-9,15,18H,10-13,21H2;1H/t15-,18+;/m1./s1. The van der Waals surface area contributed by atoms with Gasteiger partial charge in [0.25, 0.3) is 0 Å². The van der Waals surface area contributed by atoms with Gasteiger partial charge in [-0.1, -0.05) is 41.9 Å². The summed E-state index contributed by atoms with van der Waals surface area (Å²) in [7, 11) is 0. The monoisotopic (exact) mass is 396 g/mol. The van der Waals surface area contributed by atoms with Crippen LogP contribution in [0.25, 0.3) is 0 Å². The molecule has 1 fully saturated rings. The Bertz CT molecular complexity index is 682. The first kappa shape index (κ1) is 20.1. The summed E-state index contributed by atoms with van der Waals surface area (Å²) in [6.45, 7) is 2.11. The number of rotatable bonds is 5. The molecular weight excluding hydrogens is 375 g/mol. The van der Waals surface area contributed by atoms with Gasteiger partial charge in [-0.15, -0.1) is 24.2 Å². The molecule has 0 aromatic heterocycles. The summed E-state index contributed by atoms with van der Waals surface area (Å²) in [6.07, 6.45) is 0. The molecule has 2 N–H and O–H groups in total. The van der Waals surface area contributed by atoms with Crippen molar-refractivity contribution in [3.8, 4) is 0 Å². The summed E-state index contributed by atoms with van der Waals surface area (Å²) >= 11 is 7.44. The van der Waals surface area contributed by atoms with E-state index in [2.05, 4.69) is 12.1 Å². The predicted octanol–water partition coefficient (Wildman–Crippen LogP) is 4.05. The maximum Gasteiger partial charge on any atom is 0.232 e. The fourth-order valence-corrected chi connectivity index (χ4v) is 4.09. The number of likely N-dealkylation sites (tertiary alicyclic amines) is 1. The van der Waals surface area contributed by atoms with Gasteiger partial charge in [-0.3, -0.25) is 4.79 Å². The van der Waals surface area contributed by atoms with Crippen LogP contribution >= 0.6 is 35.8 Å². The zero-order valence-electron chi connectivity index (χ0n) is 13.8. The Morgan fingerprint density at radius 1 is 1.12 bits per heavy atom. The summed E-state index contributed by atoms with van der Waals surface area (Å²) in [6, 6.07) is 17.9. The number of thioether (sulfide) groups is 1. The van der Waals surface area contributed by atoms with Gasteiger partial charge in [0.2, 0.25) is 5.91 Å². The number of halogens is 2. The summed E-state index contributed by atoms with van der Waals surface area (Å²) in [5.41, 5.74) is 7.22. The van der Waals surface area contributed by atoms with Crippen molar-refractivity contribution in [1.82, 2.24) is 4.90 Å². The second kappa shape index (κ2) is 9.48. The molecule has 3 nitrogen and oxygen atoms in total. The molecule has 2 aromatic carbocycles. The molecule has 0 saturated carbocycles. The summed E-state index contributed by atoms with van der Waals surface area (Å²) in [4.78, 5) is 15.6. The molecule has 0 aliphatic carbocycles. The smallest absolute Gasteiger partial charge is 0.232 e. The van der Waals surface area contributed by atoms with E-state index < -0.39 is 0 Å². The molecule has 0 radical (unpaired) electrons. The lowest BCUT2D eigenvalue weighted by Gasteiger charge is -2.16. The first-order chi connectivity index (χ1) is 11.7. The van der Waals surface area contributed by atoms with Crippen molar-refractivity contribution in [3.05, 3.63) is 65.2 Å². The molecule has 0 bridgehead atoms. The van der Waals surface area contributed by atoms with Crippen LogP contribution in [0, 0.1) is 5.92 Å². The maximum absolute atomic E-state index is 12.6. The average Bonchev–Trinajstić information content (AvgIpc) is 3.06. The Hall–Kier alpha value is -1.20. The zero-order valence-corrected chi connectivity index (χ0v) is 16.2. The second-order valence-corrected chi connectivity index (χ2v) is 7.54. The SMILES string of the molecule is Cl.NC[C@@H]1CN(C(=O)CSc2ccc(Cl)cc2)C[C@H]1c1ccccc1. The topological polar surface area (TPSA) is 46.3 Å². The normalized spacial score (nSPS) is 19.5. The highest BCUT2D eigenvalue weighted by Crippen LogP contribution is 2.32. The number of nitrogens with two attached hydrogens (primary N) is 1. The van der Waals surface area contributed by atoms with E-state index in [-0.39, 0.29) is 18.3 Å². The van der Waals surface area contributed by atoms with Crippen LogP contribution < -0.4 is 5.73 Å². The molecule has 134 valence electrons. The minimum Gasteiger partial charge on any atom is -0.341 e. The molecule has 2 atom stereocenters. The van der Waals surface area contributed by atoms with Crippen molar-refractivity contribution >= 4 is 41.7 Å². The molecule has 2 aromatic rings. The van der Waals surface area contributed by atoms with Gasteiger partial charge in [-0.05, 0) is 42.3 Å². The largest absolute Gasteiger partial charge is 0.341 e. The van der Waals surface area contributed by atoms with Gasteiger partial charge in [0, 0.05) is 28.9 Å². The average molecular weight is 397 g/mol. The van der Waals surface area contributed by atoms with E-state index in [1.165, 1.54) is 5.56 Å². The number of benzene rings is 2. The van der Waals surface area contributed by atoms with Crippen LogP contribution in [-0.2, 0) is 4.79 Å². The van der Waals surface area contributed by atoms with E-state index >= 15 is 0 Å². The Morgan fingerprint density at radius 3 is 2.44 bits per heavy atom. The van der Waals surface area contributed by atoms with E-state index in [9.17, 15) is 4.79 Å². The Morgan fingerprint density at radius 2 is 1.80 bits per heavy atom. The van der Waals surface area contributed by atoms with E-state index in [1.54, 1.807) is 11.8 Å². The minimum absolute atomic E-state index is 0. The van der Waals surface area contributed by atoms with Crippen molar-refractivity contribution in [2.75, 3.05) is 25.4 Å². The number of carbonyl (C=O) groups is 1.